The van der Waals surface area contributed by atoms with Gasteiger partial charge in [0.15, 0.2) is 0 Å². The Labute approximate surface area is 48.6 Å². The van der Waals surface area contributed by atoms with Gasteiger partial charge in [-0.1, -0.05) is 12.7 Å². The largest absolute Gasteiger partial charge is 0.122 e. The molecule has 0 aliphatic rings. The van der Waals surface area contributed by atoms with Crippen molar-refractivity contribution in [3.63, 3.8) is 0 Å². The van der Waals surface area contributed by atoms with E-state index in [-0.39, 0.29) is 0 Å². The maximum Gasteiger partial charge on any atom is 0.0158 e. The van der Waals surface area contributed by atoms with Crippen molar-refractivity contribution in [1.29, 1.82) is 0 Å². The molecule has 0 aromatic carbocycles. The standard InChI is InChI=1S/C6H8S/c1-3-5-7-6-4-2/h3,6H,1-2,5H2. The van der Waals surface area contributed by atoms with Crippen LogP contribution in [0, 0.1) is 0 Å². The van der Waals surface area contributed by atoms with E-state index in [1.807, 2.05) is 11.5 Å². The van der Waals surface area contributed by atoms with E-state index in [0.29, 0.717) is 0 Å². The van der Waals surface area contributed by atoms with E-state index in [1.165, 1.54) is 0 Å². The van der Waals surface area contributed by atoms with Gasteiger partial charge in [-0.2, -0.15) is 0 Å². The molecule has 38 valence electrons. The highest BCUT2D eigenvalue weighted by Gasteiger charge is 1.67. The van der Waals surface area contributed by atoms with E-state index in [4.69, 9.17) is 0 Å². The SMILES string of the molecule is C=C=CSCC=C. The first kappa shape index (κ1) is 6.61. The zero-order chi connectivity index (χ0) is 5.54. The molecular formula is C6H8S. The summed E-state index contributed by atoms with van der Waals surface area (Å²) in [6.45, 7) is 6.94. The Hall–Kier alpha value is -0.390. The molecule has 0 aliphatic heterocycles. The van der Waals surface area contributed by atoms with Gasteiger partial charge in [-0.25, -0.2) is 0 Å². The van der Waals surface area contributed by atoms with Crippen LogP contribution in [-0.4, -0.2) is 5.75 Å². The molecule has 7 heavy (non-hydrogen) atoms. The van der Waals surface area contributed by atoms with Crippen molar-refractivity contribution < 1.29 is 0 Å². The minimum absolute atomic E-state index is 0.947. The van der Waals surface area contributed by atoms with Gasteiger partial charge in [-0.15, -0.1) is 24.1 Å². The molecule has 0 aromatic rings. The Morgan fingerprint density at radius 3 is 2.86 bits per heavy atom. The summed E-state index contributed by atoms with van der Waals surface area (Å²) >= 11 is 1.64. The summed E-state index contributed by atoms with van der Waals surface area (Å²) in [5.74, 6) is 0.947. The van der Waals surface area contributed by atoms with Crippen LogP contribution < -0.4 is 0 Å². The topological polar surface area (TPSA) is 0 Å². The summed E-state index contributed by atoms with van der Waals surface area (Å²) in [6, 6.07) is 0. The second-order valence-corrected chi connectivity index (χ2v) is 1.85. The molecule has 0 unspecified atom stereocenters. The fourth-order valence-electron chi connectivity index (χ4n) is 0.175. The molecule has 0 amide bonds. The third-order valence-corrected chi connectivity index (χ3v) is 1.14. The smallest absolute Gasteiger partial charge is 0.0158 e. The lowest BCUT2D eigenvalue weighted by molar-refractivity contribution is 1.83. The molecule has 0 aliphatic carbocycles. The molecule has 0 aromatic heterocycles. The molecule has 0 saturated carbocycles. The average Bonchev–Trinajstić information content (AvgIpc) is 1.69. The molecule has 0 heterocycles. The summed E-state index contributed by atoms with van der Waals surface area (Å²) < 4.78 is 0. The maximum absolute atomic E-state index is 3.54. The van der Waals surface area contributed by atoms with Gasteiger partial charge < -0.3 is 0 Å². The number of rotatable bonds is 3. The Morgan fingerprint density at radius 2 is 2.43 bits per heavy atom. The highest BCUT2D eigenvalue weighted by molar-refractivity contribution is 8.02. The van der Waals surface area contributed by atoms with E-state index >= 15 is 0 Å². The third kappa shape index (κ3) is 5.61. The van der Waals surface area contributed by atoms with E-state index in [9.17, 15) is 0 Å². The summed E-state index contributed by atoms with van der Waals surface area (Å²) in [6.07, 6.45) is 1.85. The summed E-state index contributed by atoms with van der Waals surface area (Å²) in [4.78, 5) is 0. The van der Waals surface area contributed by atoms with Crippen LogP contribution >= 0.6 is 11.8 Å². The quantitative estimate of drug-likeness (QED) is 0.306. The molecule has 0 bridgehead atoms. The highest BCUT2D eigenvalue weighted by Crippen LogP contribution is 1.97. The van der Waals surface area contributed by atoms with Crippen molar-refractivity contribution >= 4 is 11.8 Å². The monoisotopic (exact) mass is 112 g/mol. The van der Waals surface area contributed by atoms with Gasteiger partial charge in [-0.3, -0.25) is 0 Å². The first-order valence-electron chi connectivity index (χ1n) is 1.98. The predicted octanol–water partition coefficient (Wildman–Crippen LogP) is 2.20. The number of thioether (sulfide) groups is 1. The van der Waals surface area contributed by atoms with Crippen molar-refractivity contribution in [3.8, 4) is 0 Å². The molecule has 0 N–H and O–H groups in total. The molecule has 1 heteroatoms. The van der Waals surface area contributed by atoms with Crippen LogP contribution in [0.15, 0.2) is 30.4 Å². The van der Waals surface area contributed by atoms with Gasteiger partial charge in [0.25, 0.3) is 0 Å². The van der Waals surface area contributed by atoms with Crippen LogP contribution in [0.4, 0.5) is 0 Å². The number of hydrogen-bond acceptors (Lipinski definition) is 1. The molecule has 0 fully saturated rings. The highest BCUT2D eigenvalue weighted by atomic mass is 32.2. The fraction of sp³-hybridized carbons (Fsp3) is 0.167. The normalized spacial score (nSPS) is 6.86. The van der Waals surface area contributed by atoms with Gasteiger partial charge in [0.2, 0.25) is 0 Å². The van der Waals surface area contributed by atoms with Crippen LogP contribution in [0.3, 0.4) is 0 Å². The lowest BCUT2D eigenvalue weighted by atomic mass is 10.8. The van der Waals surface area contributed by atoms with E-state index in [1.54, 1.807) is 11.8 Å². The zero-order valence-corrected chi connectivity index (χ0v) is 5.00. The van der Waals surface area contributed by atoms with Crippen molar-refractivity contribution in [3.05, 3.63) is 30.4 Å². The molecule has 0 saturated heterocycles. The van der Waals surface area contributed by atoms with Gasteiger partial charge in [0.1, 0.15) is 0 Å². The minimum Gasteiger partial charge on any atom is -0.122 e. The summed E-state index contributed by atoms with van der Waals surface area (Å²) in [7, 11) is 0. The molecular weight excluding hydrogens is 104 g/mol. The second kappa shape index (κ2) is 5.61. The molecule has 0 spiro atoms. The van der Waals surface area contributed by atoms with Crippen LogP contribution in [0.1, 0.15) is 0 Å². The predicted molar refractivity (Wildman–Crippen MR) is 36.4 cm³/mol. The maximum atomic E-state index is 3.54. The van der Waals surface area contributed by atoms with E-state index < -0.39 is 0 Å². The summed E-state index contributed by atoms with van der Waals surface area (Å²) in [5, 5.41) is 1.82. The van der Waals surface area contributed by atoms with Crippen LogP contribution in [0.2, 0.25) is 0 Å². The van der Waals surface area contributed by atoms with E-state index in [2.05, 4.69) is 18.9 Å². The van der Waals surface area contributed by atoms with Crippen LogP contribution in [0.25, 0.3) is 0 Å². The van der Waals surface area contributed by atoms with Crippen molar-refractivity contribution in [2.75, 3.05) is 5.75 Å². The van der Waals surface area contributed by atoms with Gasteiger partial charge in [-0.05, 0) is 0 Å². The van der Waals surface area contributed by atoms with Crippen LogP contribution in [0.5, 0.6) is 0 Å². The molecule has 0 atom stereocenters. The lowest BCUT2D eigenvalue weighted by Crippen LogP contribution is -1.57. The van der Waals surface area contributed by atoms with Gasteiger partial charge in [0.05, 0.1) is 0 Å². The Bertz CT molecular complexity index is 88.4. The molecule has 0 nitrogen and oxygen atoms in total. The van der Waals surface area contributed by atoms with Crippen molar-refractivity contribution in [1.82, 2.24) is 0 Å². The minimum atomic E-state index is 0.947. The first-order valence-corrected chi connectivity index (χ1v) is 3.03. The zero-order valence-electron chi connectivity index (χ0n) is 4.18. The Morgan fingerprint density at radius 1 is 1.71 bits per heavy atom. The molecule has 0 rings (SSSR count). The second-order valence-electron chi connectivity index (χ2n) is 0.944. The van der Waals surface area contributed by atoms with Crippen molar-refractivity contribution in [2.24, 2.45) is 0 Å². The summed E-state index contributed by atoms with van der Waals surface area (Å²) in [5.41, 5.74) is 2.64. The molecule has 0 radical (unpaired) electrons. The Balaban J connectivity index is 2.97. The average molecular weight is 112 g/mol. The van der Waals surface area contributed by atoms with Crippen molar-refractivity contribution in [2.45, 2.75) is 0 Å². The number of hydrogen-bond donors (Lipinski definition) is 0. The van der Waals surface area contributed by atoms with E-state index in [0.717, 1.165) is 5.75 Å². The van der Waals surface area contributed by atoms with Gasteiger partial charge in [0, 0.05) is 11.2 Å². The Kier molecular flexibility index (Phi) is 5.30. The van der Waals surface area contributed by atoms with Crippen LogP contribution in [-0.2, 0) is 0 Å². The third-order valence-electron chi connectivity index (χ3n) is 0.381. The lowest BCUT2D eigenvalue weighted by Gasteiger charge is -1.77. The first-order chi connectivity index (χ1) is 3.41. The van der Waals surface area contributed by atoms with Gasteiger partial charge >= 0.3 is 0 Å². The fourth-order valence-corrected chi connectivity index (χ4v) is 0.525.